The SMILES string of the molecule is CC(CC#N)N(C)c1ccc2nnc(-c3ccsc3)n2n1. The van der Waals surface area contributed by atoms with E-state index >= 15 is 0 Å². The summed E-state index contributed by atoms with van der Waals surface area (Å²) in [6.07, 6.45) is 0.454. The molecule has 0 N–H and O–H groups in total. The molecule has 0 amide bonds. The van der Waals surface area contributed by atoms with Gasteiger partial charge in [0.2, 0.25) is 0 Å². The van der Waals surface area contributed by atoms with Crippen LogP contribution in [0.15, 0.2) is 29.0 Å². The van der Waals surface area contributed by atoms with Gasteiger partial charge in [-0.25, -0.2) is 0 Å². The average molecular weight is 298 g/mol. The summed E-state index contributed by atoms with van der Waals surface area (Å²) in [5.41, 5.74) is 1.71. The van der Waals surface area contributed by atoms with Gasteiger partial charge in [0.15, 0.2) is 11.5 Å². The van der Waals surface area contributed by atoms with Gasteiger partial charge in [-0.2, -0.15) is 21.1 Å². The predicted molar refractivity (Wildman–Crippen MR) is 82.2 cm³/mol. The van der Waals surface area contributed by atoms with Gasteiger partial charge >= 0.3 is 0 Å². The molecule has 1 atom stereocenters. The monoisotopic (exact) mass is 298 g/mol. The van der Waals surface area contributed by atoms with Crippen LogP contribution in [0.1, 0.15) is 13.3 Å². The number of anilines is 1. The Bertz CT molecular complexity index is 786. The lowest BCUT2D eigenvalue weighted by Crippen LogP contribution is -2.29. The summed E-state index contributed by atoms with van der Waals surface area (Å²) in [5, 5.41) is 25.8. The molecule has 0 aliphatic carbocycles. The minimum Gasteiger partial charge on any atom is -0.355 e. The van der Waals surface area contributed by atoms with E-state index < -0.39 is 0 Å². The van der Waals surface area contributed by atoms with Gasteiger partial charge in [0.25, 0.3) is 0 Å². The summed E-state index contributed by atoms with van der Waals surface area (Å²) in [6.45, 7) is 2.00. The first-order chi connectivity index (χ1) is 10.2. The third-order valence-corrected chi connectivity index (χ3v) is 4.12. The van der Waals surface area contributed by atoms with Crippen molar-refractivity contribution in [3.05, 3.63) is 29.0 Å². The van der Waals surface area contributed by atoms with Crippen molar-refractivity contribution in [1.82, 2.24) is 19.8 Å². The van der Waals surface area contributed by atoms with Crippen LogP contribution in [0.2, 0.25) is 0 Å². The fraction of sp³-hybridized carbons (Fsp3) is 0.286. The first-order valence-corrected chi connectivity index (χ1v) is 7.50. The van der Waals surface area contributed by atoms with E-state index in [1.54, 1.807) is 15.9 Å². The second-order valence-electron chi connectivity index (χ2n) is 4.82. The predicted octanol–water partition coefficient (Wildman–Crippen LogP) is 2.59. The van der Waals surface area contributed by atoms with E-state index in [0.29, 0.717) is 12.1 Å². The van der Waals surface area contributed by atoms with Crippen molar-refractivity contribution in [2.75, 3.05) is 11.9 Å². The molecular weight excluding hydrogens is 284 g/mol. The highest BCUT2D eigenvalue weighted by atomic mass is 32.1. The van der Waals surface area contributed by atoms with E-state index in [9.17, 15) is 0 Å². The van der Waals surface area contributed by atoms with Crippen molar-refractivity contribution < 1.29 is 0 Å². The zero-order valence-electron chi connectivity index (χ0n) is 11.8. The maximum atomic E-state index is 8.82. The molecule has 0 spiro atoms. The minimum atomic E-state index is 0.0982. The summed E-state index contributed by atoms with van der Waals surface area (Å²) >= 11 is 1.61. The maximum absolute atomic E-state index is 8.82. The highest BCUT2D eigenvalue weighted by Gasteiger charge is 2.14. The fourth-order valence-corrected chi connectivity index (χ4v) is 2.67. The number of nitriles is 1. The second-order valence-corrected chi connectivity index (χ2v) is 5.60. The smallest absolute Gasteiger partial charge is 0.186 e. The topological polar surface area (TPSA) is 70.1 Å². The van der Waals surface area contributed by atoms with E-state index in [1.165, 1.54) is 0 Å². The first-order valence-electron chi connectivity index (χ1n) is 6.55. The Morgan fingerprint density at radius 2 is 2.24 bits per heavy atom. The first kappa shape index (κ1) is 13.5. The molecule has 0 aromatic carbocycles. The fourth-order valence-electron chi connectivity index (χ4n) is 2.03. The zero-order chi connectivity index (χ0) is 14.8. The molecule has 0 aliphatic rings. The highest BCUT2D eigenvalue weighted by molar-refractivity contribution is 7.08. The van der Waals surface area contributed by atoms with Crippen LogP contribution in [0.5, 0.6) is 0 Å². The Morgan fingerprint density at radius 1 is 1.38 bits per heavy atom. The van der Waals surface area contributed by atoms with Gasteiger partial charge < -0.3 is 4.90 Å². The Labute approximate surface area is 126 Å². The average Bonchev–Trinajstić information content (AvgIpc) is 3.14. The molecule has 0 saturated heterocycles. The van der Waals surface area contributed by atoms with Gasteiger partial charge in [0.05, 0.1) is 12.5 Å². The standard InChI is InChI=1S/C14H14N6S/c1-10(5-7-15)19(2)13-4-3-12-16-17-14(20(12)18-13)11-6-8-21-9-11/h3-4,6,8-10H,5H2,1-2H3. The molecule has 3 rings (SSSR count). The largest absolute Gasteiger partial charge is 0.355 e. The maximum Gasteiger partial charge on any atom is 0.186 e. The van der Waals surface area contributed by atoms with Crippen LogP contribution in [-0.2, 0) is 0 Å². The second kappa shape index (κ2) is 5.50. The Morgan fingerprint density at radius 3 is 2.95 bits per heavy atom. The van der Waals surface area contributed by atoms with Gasteiger partial charge in [-0.15, -0.1) is 15.3 Å². The van der Waals surface area contributed by atoms with Gasteiger partial charge in [-0.3, -0.25) is 0 Å². The van der Waals surface area contributed by atoms with Crippen molar-refractivity contribution in [3.63, 3.8) is 0 Å². The minimum absolute atomic E-state index is 0.0982. The molecule has 3 heterocycles. The molecule has 21 heavy (non-hydrogen) atoms. The molecule has 1 unspecified atom stereocenters. The molecule has 0 radical (unpaired) electrons. The van der Waals surface area contributed by atoms with Crippen LogP contribution in [0, 0.1) is 11.3 Å². The molecule has 106 valence electrons. The lowest BCUT2D eigenvalue weighted by Gasteiger charge is -2.23. The number of fused-ring (bicyclic) bond motifs is 1. The van der Waals surface area contributed by atoms with Crippen molar-refractivity contribution in [1.29, 1.82) is 5.26 Å². The summed E-state index contributed by atoms with van der Waals surface area (Å²) in [4.78, 5) is 1.99. The quantitative estimate of drug-likeness (QED) is 0.740. The highest BCUT2D eigenvalue weighted by Crippen LogP contribution is 2.22. The molecule has 0 saturated carbocycles. The van der Waals surface area contributed by atoms with Crippen molar-refractivity contribution in [3.8, 4) is 17.5 Å². The van der Waals surface area contributed by atoms with Gasteiger partial charge in [0, 0.05) is 24.0 Å². The molecule has 3 aromatic rings. The number of aromatic nitrogens is 4. The van der Waals surface area contributed by atoms with E-state index in [4.69, 9.17) is 5.26 Å². The van der Waals surface area contributed by atoms with Gasteiger partial charge in [-0.1, -0.05) is 0 Å². The summed E-state index contributed by atoms with van der Waals surface area (Å²) in [7, 11) is 1.94. The van der Waals surface area contributed by atoms with Crippen molar-refractivity contribution >= 4 is 22.8 Å². The Balaban J connectivity index is 2.03. The Kier molecular flexibility index (Phi) is 3.54. The molecule has 6 nitrogen and oxygen atoms in total. The summed E-state index contributed by atoms with van der Waals surface area (Å²) < 4.78 is 1.74. The molecule has 7 heteroatoms. The van der Waals surface area contributed by atoms with Crippen molar-refractivity contribution in [2.45, 2.75) is 19.4 Å². The Hall–Kier alpha value is -2.46. The van der Waals surface area contributed by atoms with E-state index in [1.807, 2.05) is 47.8 Å². The molecule has 3 aromatic heterocycles. The van der Waals surface area contributed by atoms with Crippen LogP contribution in [0.25, 0.3) is 17.0 Å². The number of thiophene rings is 1. The number of nitrogens with zero attached hydrogens (tertiary/aromatic N) is 6. The number of rotatable bonds is 4. The van der Waals surface area contributed by atoms with Crippen LogP contribution in [0.3, 0.4) is 0 Å². The van der Waals surface area contributed by atoms with E-state index in [0.717, 1.165) is 17.2 Å². The van der Waals surface area contributed by atoms with Crippen molar-refractivity contribution in [2.24, 2.45) is 0 Å². The van der Waals surface area contributed by atoms with Crippen LogP contribution < -0.4 is 4.90 Å². The molecular formula is C14H14N6S. The molecule has 0 bridgehead atoms. The normalized spacial score (nSPS) is 12.2. The third kappa shape index (κ3) is 2.45. The van der Waals surface area contributed by atoms with E-state index in [-0.39, 0.29) is 6.04 Å². The number of hydrogen-bond acceptors (Lipinski definition) is 6. The molecule has 0 aliphatic heterocycles. The lowest BCUT2D eigenvalue weighted by molar-refractivity contribution is 0.684. The summed E-state index contributed by atoms with van der Waals surface area (Å²) in [5.74, 6) is 1.52. The lowest BCUT2D eigenvalue weighted by atomic mass is 10.2. The number of hydrogen-bond donors (Lipinski definition) is 0. The summed E-state index contributed by atoms with van der Waals surface area (Å²) in [6, 6.07) is 8.07. The van der Waals surface area contributed by atoms with Crippen LogP contribution >= 0.6 is 11.3 Å². The van der Waals surface area contributed by atoms with E-state index in [2.05, 4.69) is 21.4 Å². The van der Waals surface area contributed by atoms with Gasteiger partial charge in [0.1, 0.15) is 5.82 Å². The van der Waals surface area contributed by atoms with Crippen LogP contribution in [0.4, 0.5) is 5.82 Å². The molecule has 0 fully saturated rings. The van der Waals surface area contributed by atoms with Crippen LogP contribution in [-0.4, -0.2) is 32.9 Å². The van der Waals surface area contributed by atoms with Gasteiger partial charge in [-0.05, 0) is 30.5 Å². The zero-order valence-corrected chi connectivity index (χ0v) is 12.6. The third-order valence-electron chi connectivity index (χ3n) is 3.44.